The number of ether oxygens (including phenoxy) is 1. The lowest BCUT2D eigenvalue weighted by Gasteiger charge is -2.34. The first-order valence-corrected chi connectivity index (χ1v) is 11.3. The van der Waals surface area contributed by atoms with Gasteiger partial charge in [-0.1, -0.05) is 30.3 Å². The van der Waals surface area contributed by atoms with Gasteiger partial charge in [-0.15, -0.1) is 11.3 Å². The third-order valence-electron chi connectivity index (χ3n) is 5.93. The van der Waals surface area contributed by atoms with Crippen LogP contribution in [0.3, 0.4) is 0 Å². The summed E-state index contributed by atoms with van der Waals surface area (Å²) in [5.41, 5.74) is 2.36. The maximum absolute atomic E-state index is 11.2. The summed E-state index contributed by atoms with van der Waals surface area (Å²) in [6.07, 6.45) is 2.52. The molecule has 1 aromatic carbocycles. The summed E-state index contributed by atoms with van der Waals surface area (Å²) in [6, 6.07) is 10.4. The molecule has 0 N–H and O–H groups in total. The number of aromatic nitrogens is 2. The van der Waals surface area contributed by atoms with Gasteiger partial charge in [0, 0.05) is 43.9 Å². The summed E-state index contributed by atoms with van der Waals surface area (Å²) in [6.45, 7) is 7.96. The number of rotatable bonds is 4. The lowest BCUT2D eigenvalue weighted by atomic mass is 9.94. The number of anilines is 1. The SMILES string of the molecule is CC1(C)Cc2c(sc3nc(Cc4ccccc4)nc(N4CCN(C=O)CC4)c23)CO1. The second-order valence-electron chi connectivity index (χ2n) is 8.66. The van der Waals surface area contributed by atoms with E-state index in [-0.39, 0.29) is 5.60 Å². The van der Waals surface area contributed by atoms with Gasteiger partial charge in [0.15, 0.2) is 0 Å². The molecule has 3 aromatic rings. The largest absolute Gasteiger partial charge is 0.370 e. The second kappa shape index (κ2) is 7.63. The van der Waals surface area contributed by atoms with Gasteiger partial charge >= 0.3 is 0 Å². The van der Waals surface area contributed by atoms with Crippen molar-refractivity contribution in [3.05, 3.63) is 52.2 Å². The highest BCUT2D eigenvalue weighted by molar-refractivity contribution is 7.19. The Morgan fingerprint density at radius 1 is 1.13 bits per heavy atom. The van der Waals surface area contributed by atoms with E-state index >= 15 is 0 Å². The zero-order valence-corrected chi connectivity index (χ0v) is 18.2. The number of hydrogen-bond donors (Lipinski definition) is 0. The molecule has 0 atom stereocenters. The van der Waals surface area contributed by atoms with Crippen LogP contribution in [-0.4, -0.2) is 53.1 Å². The van der Waals surface area contributed by atoms with Crippen LogP contribution >= 0.6 is 11.3 Å². The Morgan fingerprint density at radius 3 is 2.63 bits per heavy atom. The fraction of sp³-hybridized carbons (Fsp3) is 0.435. The van der Waals surface area contributed by atoms with Gasteiger partial charge in [-0.05, 0) is 25.0 Å². The van der Waals surface area contributed by atoms with Crippen LogP contribution < -0.4 is 4.90 Å². The number of piperazine rings is 1. The molecule has 1 saturated heterocycles. The highest BCUT2D eigenvalue weighted by Gasteiger charge is 2.32. The minimum absolute atomic E-state index is 0.183. The lowest BCUT2D eigenvalue weighted by Crippen LogP contribution is -2.46. The van der Waals surface area contributed by atoms with E-state index in [0.717, 1.165) is 55.5 Å². The highest BCUT2D eigenvalue weighted by atomic mass is 32.1. The quantitative estimate of drug-likeness (QED) is 0.603. The number of fused-ring (bicyclic) bond motifs is 3. The van der Waals surface area contributed by atoms with E-state index in [2.05, 4.69) is 43.0 Å². The van der Waals surface area contributed by atoms with Crippen LogP contribution in [0.2, 0.25) is 0 Å². The van der Waals surface area contributed by atoms with E-state index in [1.54, 1.807) is 11.3 Å². The molecule has 7 heteroatoms. The van der Waals surface area contributed by atoms with Gasteiger partial charge in [0.1, 0.15) is 16.5 Å². The summed E-state index contributed by atoms with van der Waals surface area (Å²) in [5.74, 6) is 1.87. The zero-order valence-electron chi connectivity index (χ0n) is 17.4. The molecule has 0 bridgehead atoms. The summed E-state index contributed by atoms with van der Waals surface area (Å²) in [4.78, 5) is 27.7. The van der Waals surface area contributed by atoms with Gasteiger partial charge in [0.05, 0.1) is 17.6 Å². The fourth-order valence-electron chi connectivity index (χ4n) is 4.29. The van der Waals surface area contributed by atoms with Gasteiger partial charge in [0.25, 0.3) is 0 Å². The van der Waals surface area contributed by atoms with E-state index < -0.39 is 0 Å². The van der Waals surface area contributed by atoms with E-state index in [9.17, 15) is 4.79 Å². The average molecular weight is 423 g/mol. The molecule has 5 rings (SSSR count). The molecule has 156 valence electrons. The Balaban J connectivity index is 1.60. The first-order chi connectivity index (χ1) is 14.5. The standard InChI is InChI=1S/C23H26N4O2S/c1-23(2)13-17-18(14-29-23)30-22-20(17)21(27-10-8-26(15-28)9-11-27)24-19(25-22)12-16-6-4-3-5-7-16/h3-7,15H,8-14H2,1-2H3. The maximum atomic E-state index is 11.2. The average Bonchev–Trinajstić information content (AvgIpc) is 3.10. The molecule has 30 heavy (non-hydrogen) atoms. The van der Waals surface area contributed by atoms with Crippen LogP contribution in [0.5, 0.6) is 0 Å². The number of benzene rings is 1. The molecular formula is C23H26N4O2S. The zero-order chi connectivity index (χ0) is 20.7. The van der Waals surface area contributed by atoms with Crippen molar-refractivity contribution in [2.75, 3.05) is 31.1 Å². The van der Waals surface area contributed by atoms with Crippen molar-refractivity contribution < 1.29 is 9.53 Å². The highest BCUT2D eigenvalue weighted by Crippen LogP contribution is 2.42. The summed E-state index contributed by atoms with van der Waals surface area (Å²) in [5, 5.41) is 1.18. The smallest absolute Gasteiger partial charge is 0.209 e. The topological polar surface area (TPSA) is 58.6 Å². The number of amides is 1. The van der Waals surface area contributed by atoms with Gasteiger partial charge in [-0.3, -0.25) is 4.79 Å². The molecule has 2 aromatic heterocycles. The van der Waals surface area contributed by atoms with Gasteiger partial charge in [0.2, 0.25) is 6.41 Å². The maximum Gasteiger partial charge on any atom is 0.209 e. The Morgan fingerprint density at radius 2 is 1.90 bits per heavy atom. The van der Waals surface area contributed by atoms with Crippen LogP contribution in [0.1, 0.15) is 35.7 Å². The molecule has 1 fully saturated rings. The molecule has 0 aliphatic carbocycles. The molecular weight excluding hydrogens is 396 g/mol. The van der Waals surface area contributed by atoms with Crippen LogP contribution in [0.15, 0.2) is 30.3 Å². The Kier molecular flexibility index (Phi) is 4.95. The normalized spacial score (nSPS) is 18.5. The van der Waals surface area contributed by atoms with Gasteiger partial charge in [-0.2, -0.15) is 0 Å². The molecule has 0 saturated carbocycles. The molecule has 2 aliphatic heterocycles. The number of carbonyl (C=O) groups is 1. The van der Waals surface area contributed by atoms with Crippen LogP contribution in [0.4, 0.5) is 5.82 Å². The van der Waals surface area contributed by atoms with Crippen molar-refractivity contribution in [1.29, 1.82) is 0 Å². The third kappa shape index (κ3) is 3.68. The van der Waals surface area contributed by atoms with Crippen molar-refractivity contribution in [3.8, 4) is 0 Å². The number of carbonyl (C=O) groups excluding carboxylic acids is 1. The number of thiophene rings is 1. The molecule has 0 unspecified atom stereocenters. The molecule has 6 nitrogen and oxygen atoms in total. The van der Waals surface area contributed by atoms with Gasteiger partial charge < -0.3 is 14.5 Å². The predicted molar refractivity (Wildman–Crippen MR) is 119 cm³/mol. The first kappa shape index (κ1) is 19.5. The molecule has 1 amide bonds. The molecule has 2 aliphatic rings. The van der Waals surface area contributed by atoms with Crippen molar-refractivity contribution in [2.24, 2.45) is 0 Å². The Hall–Kier alpha value is -2.51. The van der Waals surface area contributed by atoms with Crippen LogP contribution in [0, 0.1) is 0 Å². The summed E-state index contributed by atoms with van der Waals surface area (Å²) in [7, 11) is 0. The van der Waals surface area contributed by atoms with E-state index in [1.807, 2.05) is 11.0 Å². The van der Waals surface area contributed by atoms with Crippen molar-refractivity contribution in [2.45, 2.75) is 38.9 Å². The Labute approximate surface area is 180 Å². The van der Waals surface area contributed by atoms with E-state index in [0.29, 0.717) is 13.0 Å². The molecule has 4 heterocycles. The lowest BCUT2D eigenvalue weighted by molar-refractivity contribution is -0.118. The minimum atomic E-state index is -0.183. The van der Waals surface area contributed by atoms with E-state index in [1.165, 1.54) is 21.4 Å². The monoisotopic (exact) mass is 422 g/mol. The predicted octanol–water partition coefficient (Wildman–Crippen LogP) is 3.41. The summed E-state index contributed by atoms with van der Waals surface area (Å²) >= 11 is 1.74. The van der Waals surface area contributed by atoms with Crippen LogP contribution in [-0.2, 0) is 29.0 Å². The van der Waals surface area contributed by atoms with Gasteiger partial charge in [-0.25, -0.2) is 9.97 Å². The molecule has 0 spiro atoms. The van der Waals surface area contributed by atoms with E-state index in [4.69, 9.17) is 14.7 Å². The van der Waals surface area contributed by atoms with Crippen molar-refractivity contribution in [3.63, 3.8) is 0 Å². The van der Waals surface area contributed by atoms with Crippen molar-refractivity contribution >= 4 is 33.8 Å². The number of nitrogens with zero attached hydrogens (tertiary/aromatic N) is 4. The third-order valence-corrected chi connectivity index (χ3v) is 7.03. The Bertz CT molecular complexity index is 1070. The van der Waals surface area contributed by atoms with Crippen LogP contribution in [0.25, 0.3) is 10.2 Å². The number of hydrogen-bond acceptors (Lipinski definition) is 6. The molecule has 0 radical (unpaired) electrons. The minimum Gasteiger partial charge on any atom is -0.370 e. The van der Waals surface area contributed by atoms with Crippen molar-refractivity contribution in [1.82, 2.24) is 14.9 Å². The second-order valence-corrected chi connectivity index (χ2v) is 9.75. The fourth-order valence-corrected chi connectivity index (χ4v) is 5.41. The summed E-state index contributed by atoms with van der Waals surface area (Å²) < 4.78 is 6.06. The first-order valence-electron chi connectivity index (χ1n) is 10.5.